The molecule has 1 N–H and O–H groups in total. The van der Waals surface area contributed by atoms with Gasteiger partial charge in [-0.05, 0) is 37.7 Å². The average molecular weight is 500 g/mol. The van der Waals surface area contributed by atoms with Crippen molar-refractivity contribution in [3.05, 3.63) is 68.5 Å². The van der Waals surface area contributed by atoms with Gasteiger partial charge in [-0.1, -0.05) is 50.1 Å². The van der Waals surface area contributed by atoms with Gasteiger partial charge in [0.15, 0.2) is 0 Å². The van der Waals surface area contributed by atoms with Gasteiger partial charge in [0, 0.05) is 37.8 Å². The Labute approximate surface area is 211 Å². The fraction of sp³-hybridized carbons (Fsp3) is 0.593. The zero-order valence-corrected chi connectivity index (χ0v) is 21.2. The largest absolute Gasteiger partial charge is 0.508 e. The number of benzene rings is 1. The highest BCUT2D eigenvalue weighted by atomic mass is 16.7. The van der Waals surface area contributed by atoms with Gasteiger partial charge in [0.05, 0.1) is 6.10 Å². The average Bonchev–Trinajstić information content (AvgIpc) is 3.51. The predicted octanol–water partition coefficient (Wildman–Crippen LogP) is 3.76. The van der Waals surface area contributed by atoms with E-state index in [9.17, 15) is 14.4 Å². The molecule has 1 aliphatic heterocycles. The number of rotatable bonds is 10. The number of hydrogen-bond acceptors (Lipinski definition) is 7. The predicted molar refractivity (Wildman–Crippen MR) is 135 cm³/mol. The van der Waals surface area contributed by atoms with Gasteiger partial charge in [-0.3, -0.25) is 19.2 Å². The monoisotopic (exact) mass is 499 g/mol. The van der Waals surface area contributed by atoms with Crippen LogP contribution in [0.3, 0.4) is 0 Å². The highest BCUT2D eigenvalue weighted by Crippen LogP contribution is 2.32. The first-order valence-electron chi connectivity index (χ1n) is 13.0. The summed E-state index contributed by atoms with van der Waals surface area (Å²) in [6.45, 7) is 6.24. The van der Waals surface area contributed by atoms with E-state index in [1.807, 2.05) is 25.1 Å². The van der Waals surface area contributed by atoms with Crippen LogP contribution in [0.4, 0.5) is 4.79 Å². The molecule has 4 rings (SSSR count). The standard InChI is InChI=1S/C27H37N3O6/c1-3-22-23(15-24(35-22)30-16-19(2)25(31)28-26(30)32)36-27(33)34-14-13-29(18-21-11-7-8-12-21)17-20-9-5-4-6-10-20/h4-6,9-10,16,21-24H,3,7-8,11-15,17-18H2,1-2H3,(H,28,31,32)/t22-,23?,24-/m1/s1. The molecule has 196 valence electrons. The van der Waals surface area contributed by atoms with Crippen molar-refractivity contribution in [2.24, 2.45) is 5.92 Å². The Morgan fingerprint density at radius 2 is 1.94 bits per heavy atom. The number of nitrogens with one attached hydrogen (secondary N) is 1. The van der Waals surface area contributed by atoms with Gasteiger partial charge in [0.1, 0.15) is 18.9 Å². The van der Waals surface area contributed by atoms with Crippen LogP contribution in [0.15, 0.2) is 46.1 Å². The second-order valence-corrected chi connectivity index (χ2v) is 9.88. The molecule has 3 atom stereocenters. The zero-order chi connectivity index (χ0) is 25.5. The minimum Gasteiger partial charge on any atom is -0.433 e. The van der Waals surface area contributed by atoms with Crippen molar-refractivity contribution >= 4 is 6.16 Å². The second kappa shape index (κ2) is 12.4. The van der Waals surface area contributed by atoms with Gasteiger partial charge in [-0.25, -0.2) is 9.59 Å². The summed E-state index contributed by atoms with van der Waals surface area (Å²) in [6, 6.07) is 10.3. The summed E-state index contributed by atoms with van der Waals surface area (Å²) in [5.41, 5.74) is 0.680. The maximum Gasteiger partial charge on any atom is 0.508 e. The first kappa shape index (κ1) is 26.2. The summed E-state index contributed by atoms with van der Waals surface area (Å²) < 4.78 is 18.4. The molecule has 2 aliphatic rings. The first-order valence-corrected chi connectivity index (χ1v) is 13.0. The van der Waals surface area contributed by atoms with Crippen LogP contribution in [0.1, 0.15) is 62.8 Å². The SMILES string of the molecule is CC[C@H]1O[C@@H](n2cc(C)c(=O)[nH]c2=O)CC1OC(=O)OCCN(Cc1ccccc1)CC1CCCC1. The Kier molecular flexibility index (Phi) is 8.98. The van der Waals surface area contributed by atoms with Crippen molar-refractivity contribution in [1.29, 1.82) is 0 Å². The number of H-pyrrole nitrogens is 1. The van der Waals surface area contributed by atoms with Crippen molar-refractivity contribution in [2.45, 2.75) is 77.4 Å². The van der Waals surface area contributed by atoms with Crippen LogP contribution in [0.25, 0.3) is 0 Å². The molecule has 2 heterocycles. The quantitative estimate of drug-likeness (QED) is 0.497. The van der Waals surface area contributed by atoms with Crippen molar-refractivity contribution in [2.75, 3.05) is 19.7 Å². The molecule has 2 aromatic rings. The van der Waals surface area contributed by atoms with Crippen LogP contribution >= 0.6 is 0 Å². The fourth-order valence-electron chi connectivity index (χ4n) is 5.21. The molecule has 0 spiro atoms. The lowest BCUT2D eigenvalue weighted by Crippen LogP contribution is -2.33. The minimum atomic E-state index is -0.728. The molecule has 1 aliphatic carbocycles. The molecule has 0 radical (unpaired) electrons. The molecule has 2 fully saturated rings. The van der Waals surface area contributed by atoms with Gasteiger partial charge in [0.2, 0.25) is 0 Å². The van der Waals surface area contributed by atoms with Crippen LogP contribution in [0, 0.1) is 12.8 Å². The molecule has 0 amide bonds. The number of carbonyl (C=O) groups excluding carboxylic acids is 1. The highest BCUT2D eigenvalue weighted by Gasteiger charge is 2.38. The summed E-state index contributed by atoms with van der Waals surface area (Å²) >= 11 is 0. The second-order valence-electron chi connectivity index (χ2n) is 9.88. The maximum absolute atomic E-state index is 12.5. The van der Waals surface area contributed by atoms with Crippen LogP contribution in [-0.2, 0) is 20.8 Å². The molecule has 0 bridgehead atoms. The van der Waals surface area contributed by atoms with Crippen LogP contribution in [0.2, 0.25) is 0 Å². The van der Waals surface area contributed by atoms with E-state index in [1.165, 1.54) is 42.0 Å². The Bertz CT molecular complexity index is 1110. The third kappa shape index (κ3) is 6.85. The van der Waals surface area contributed by atoms with Gasteiger partial charge in [0.25, 0.3) is 5.56 Å². The van der Waals surface area contributed by atoms with E-state index in [0.717, 1.165) is 13.1 Å². The Hall–Kier alpha value is -2.91. The number of nitrogens with zero attached hydrogens (tertiary/aromatic N) is 2. The van der Waals surface area contributed by atoms with E-state index in [-0.39, 0.29) is 12.7 Å². The fourth-order valence-corrected chi connectivity index (χ4v) is 5.21. The molecule has 1 saturated carbocycles. The van der Waals surface area contributed by atoms with Crippen molar-refractivity contribution in [3.63, 3.8) is 0 Å². The molecule has 1 unspecified atom stereocenters. The normalized spacial score (nSPS) is 22.2. The van der Waals surface area contributed by atoms with E-state index < -0.39 is 29.7 Å². The number of ether oxygens (including phenoxy) is 3. The molecule has 9 nitrogen and oxygen atoms in total. The van der Waals surface area contributed by atoms with Gasteiger partial charge >= 0.3 is 11.8 Å². The minimum absolute atomic E-state index is 0.241. The topological polar surface area (TPSA) is 103 Å². The smallest absolute Gasteiger partial charge is 0.433 e. The lowest BCUT2D eigenvalue weighted by molar-refractivity contribution is -0.0383. The van der Waals surface area contributed by atoms with E-state index in [1.54, 1.807) is 6.92 Å². The van der Waals surface area contributed by atoms with Crippen LogP contribution in [-0.4, -0.2) is 52.5 Å². The van der Waals surface area contributed by atoms with Crippen molar-refractivity contribution < 1.29 is 19.0 Å². The highest BCUT2D eigenvalue weighted by molar-refractivity contribution is 5.60. The summed E-state index contributed by atoms with van der Waals surface area (Å²) in [7, 11) is 0. The third-order valence-electron chi connectivity index (χ3n) is 7.15. The van der Waals surface area contributed by atoms with E-state index in [0.29, 0.717) is 30.9 Å². The number of aromatic amines is 1. The summed E-state index contributed by atoms with van der Waals surface area (Å²) in [5.74, 6) is 0.693. The third-order valence-corrected chi connectivity index (χ3v) is 7.15. The molecular weight excluding hydrogens is 462 g/mol. The van der Waals surface area contributed by atoms with E-state index in [2.05, 4.69) is 22.0 Å². The van der Waals surface area contributed by atoms with Gasteiger partial charge in [-0.2, -0.15) is 0 Å². The van der Waals surface area contributed by atoms with E-state index in [4.69, 9.17) is 14.2 Å². The molecule has 36 heavy (non-hydrogen) atoms. The molecular formula is C27H37N3O6. The van der Waals surface area contributed by atoms with Gasteiger partial charge in [-0.15, -0.1) is 0 Å². The molecule has 9 heteroatoms. The summed E-state index contributed by atoms with van der Waals surface area (Å²) in [4.78, 5) is 41.1. The number of carbonyl (C=O) groups is 1. The Morgan fingerprint density at radius 1 is 1.19 bits per heavy atom. The summed E-state index contributed by atoms with van der Waals surface area (Å²) in [5, 5.41) is 0. The Morgan fingerprint density at radius 3 is 2.67 bits per heavy atom. The molecule has 1 saturated heterocycles. The lowest BCUT2D eigenvalue weighted by Gasteiger charge is -2.25. The molecule has 1 aromatic carbocycles. The van der Waals surface area contributed by atoms with Crippen LogP contribution < -0.4 is 11.2 Å². The van der Waals surface area contributed by atoms with E-state index >= 15 is 0 Å². The maximum atomic E-state index is 12.5. The lowest BCUT2D eigenvalue weighted by atomic mass is 10.1. The molecule has 1 aromatic heterocycles. The number of aromatic nitrogens is 2. The van der Waals surface area contributed by atoms with Crippen LogP contribution in [0.5, 0.6) is 0 Å². The Balaban J connectivity index is 1.30. The number of hydrogen-bond donors (Lipinski definition) is 1. The van der Waals surface area contributed by atoms with Crippen molar-refractivity contribution in [3.8, 4) is 0 Å². The van der Waals surface area contributed by atoms with Gasteiger partial charge < -0.3 is 14.2 Å². The first-order chi connectivity index (χ1) is 17.4. The summed E-state index contributed by atoms with van der Waals surface area (Å²) in [6.07, 6.45) is 5.24. The number of aryl methyl sites for hydroxylation is 1. The van der Waals surface area contributed by atoms with Crippen molar-refractivity contribution in [1.82, 2.24) is 14.5 Å². The zero-order valence-electron chi connectivity index (χ0n) is 21.2.